The standard InChI is InChI=1S/C26H25N3O/c1-26(19-27)13-12-23(16-24(26)22-10-6-3-7-11-22)25(17-29-15-14-28-20-29)30-18-21-8-4-2-5-9-21/h2-12,14-16,20,25H,13,17-18H2,1H3. The highest BCUT2D eigenvalue weighted by Gasteiger charge is 2.33. The Labute approximate surface area is 177 Å². The third-order valence-electron chi connectivity index (χ3n) is 5.58. The van der Waals surface area contributed by atoms with Crippen molar-refractivity contribution in [3.8, 4) is 6.07 Å². The van der Waals surface area contributed by atoms with Gasteiger partial charge in [0.2, 0.25) is 0 Å². The summed E-state index contributed by atoms with van der Waals surface area (Å²) in [6.45, 7) is 3.21. The maximum atomic E-state index is 9.90. The van der Waals surface area contributed by atoms with Crippen LogP contribution in [0.15, 0.2) is 97.1 Å². The molecule has 0 N–H and O–H groups in total. The Kier molecular flexibility index (Phi) is 5.92. The molecule has 0 spiro atoms. The van der Waals surface area contributed by atoms with E-state index in [1.807, 2.05) is 60.4 Å². The number of imidazole rings is 1. The maximum absolute atomic E-state index is 9.90. The van der Waals surface area contributed by atoms with Crippen LogP contribution in [0.4, 0.5) is 0 Å². The second-order valence-electron chi connectivity index (χ2n) is 7.82. The number of hydrogen-bond acceptors (Lipinski definition) is 3. The fourth-order valence-electron chi connectivity index (χ4n) is 3.78. The van der Waals surface area contributed by atoms with E-state index in [-0.39, 0.29) is 6.10 Å². The SMILES string of the molecule is CC1(C#N)CC=C(C(Cn2ccnc2)OCc2ccccc2)C=C1c1ccccc1. The molecule has 1 aliphatic carbocycles. The van der Waals surface area contributed by atoms with Gasteiger partial charge in [-0.1, -0.05) is 72.8 Å². The van der Waals surface area contributed by atoms with Crippen molar-refractivity contribution in [3.05, 3.63) is 108 Å². The normalized spacial score (nSPS) is 19.5. The number of aromatic nitrogens is 2. The molecule has 30 heavy (non-hydrogen) atoms. The molecule has 1 aliphatic rings. The molecule has 0 bridgehead atoms. The average molecular weight is 396 g/mol. The van der Waals surface area contributed by atoms with Crippen LogP contribution in [0, 0.1) is 16.7 Å². The lowest BCUT2D eigenvalue weighted by Gasteiger charge is -2.31. The van der Waals surface area contributed by atoms with E-state index < -0.39 is 5.41 Å². The molecule has 0 saturated heterocycles. The highest BCUT2D eigenvalue weighted by molar-refractivity contribution is 5.76. The molecule has 1 heterocycles. The molecule has 0 saturated carbocycles. The summed E-state index contributed by atoms with van der Waals surface area (Å²) in [5.74, 6) is 0. The average Bonchev–Trinajstić information content (AvgIpc) is 3.31. The molecular weight excluding hydrogens is 370 g/mol. The van der Waals surface area contributed by atoms with Gasteiger partial charge in [-0.2, -0.15) is 5.26 Å². The lowest BCUT2D eigenvalue weighted by molar-refractivity contribution is 0.0548. The number of rotatable bonds is 7. The summed E-state index contributed by atoms with van der Waals surface area (Å²) < 4.78 is 8.41. The van der Waals surface area contributed by atoms with E-state index in [2.05, 4.69) is 47.5 Å². The third-order valence-corrected chi connectivity index (χ3v) is 5.58. The van der Waals surface area contributed by atoms with Gasteiger partial charge in [0, 0.05) is 12.4 Å². The molecule has 2 atom stereocenters. The van der Waals surface area contributed by atoms with Crippen LogP contribution >= 0.6 is 0 Å². The van der Waals surface area contributed by atoms with Crippen LogP contribution in [0.1, 0.15) is 24.5 Å². The van der Waals surface area contributed by atoms with Gasteiger partial charge < -0.3 is 9.30 Å². The molecule has 0 aliphatic heterocycles. The second-order valence-corrected chi connectivity index (χ2v) is 7.82. The van der Waals surface area contributed by atoms with Crippen LogP contribution < -0.4 is 0 Å². The molecule has 4 nitrogen and oxygen atoms in total. The zero-order valence-electron chi connectivity index (χ0n) is 17.1. The Morgan fingerprint density at radius 2 is 1.87 bits per heavy atom. The first-order valence-corrected chi connectivity index (χ1v) is 10.2. The van der Waals surface area contributed by atoms with Gasteiger partial charge in [-0.05, 0) is 35.6 Å². The minimum atomic E-state index is -0.552. The Bertz CT molecular complexity index is 1060. The van der Waals surface area contributed by atoms with E-state index in [9.17, 15) is 5.26 Å². The summed E-state index contributed by atoms with van der Waals surface area (Å²) in [5, 5.41) is 9.90. The van der Waals surface area contributed by atoms with Crippen molar-refractivity contribution >= 4 is 5.57 Å². The van der Waals surface area contributed by atoms with Gasteiger partial charge in [-0.25, -0.2) is 4.98 Å². The van der Waals surface area contributed by atoms with E-state index in [1.165, 1.54) is 0 Å². The van der Waals surface area contributed by atoms with Gasteiger partial charge in [0.15, 0.2) is 0 Å². The first-order valence-electron chi connectivity index (χ1n) is 10.2. The first kappa shape index (κ1) is 19.9. The second kappa shape index (κ2) is 8.94. The summed E-state index contributed by atoms with van der Waals surface area (Å²) in [4.78, 5) is 4.17. The van der Waals surface area contributed by atoms with Crippen LogP contribution in [0.3, 0.4) is 0 Å². The molecule has 0 amide bonds. The lowest BCUT2D eigenvalue weighted by atomic mass is 9.72. The summed E-state index contributed by atoms with van der Waals surface area (Å²) in [7, 11) is 0. The van der Waals surface area contributed by atoms with Crippen molar-refractivity contribution in [1.82, 2.24) is 9.55 Å². The predicted molar refractivity (Wildman–Crippen MR) is 118 cm³/mol. The van der Waals surface area contributed by atoms with Crippen molar-refractivity contribution in [1.29, 1.82) is 5.26 Å². The van der Waals surface area contributed by atoms with Crippen molar-refractivity contribution in [2.45, 2.75) is 32.6 Å². The largest absolute Gasteiger partial charge is 0.367 e. The highest BCUT2D eigenvalue weighted by atomic mass is 16.5. The Balaban J connectivity index is 1.65. The zero-order valence-corrected chi connectivity index (χ0v) is 17.1. The van der Waals surface area contributed by atoms with Crippen molar-refractivity contribution < 1.29 is 4.74 Å². The minimum absolute atomic E-state index is 0.138. The molecule has 0 radical (unpaired) electrons. The fraction of sp³-hybridized carbons (Fsp3) is 0.231. The van der Waals surface area contributed by atoms with E-state index in [0.717, 1.165) is 22.3 Å². The number of ether oxygens (including phenoxy) is 1. The molecular formula is C26H25N3O. The minimum Gasteiger partial charge on any atom is -0.367 e. The van der Waals surface area contributed by atoms with Gasteiger partial charge >= 0.3 is 0 Å². The highest BCUT2D eigenvalue weighted by Crippen LogP contribution is 2.42. The Morgan fingerprint density at radius 3 is 2.53 bits per heavy atom. The molecule has 150 valence electrons. The number of benzene rings is 2. The third kappa shape index (κ3) is 4.42. The summed E-state index contributed by atoms with van der Waals surface area (Å²) in [6.07, 6.45) is 10.4. The molecule has 2 unspecified atom stereocenters. The number of allylic oxidation sites excluding steroid dienone is 2. The van der Waals surface area contributed by atoms with Crippen LogP contribution in [0.2, 0.25) is 0 Å². The first-order chi connectivity index (χ1) is 14.7. The monoisotopic (exact) mass is 395 g/mol. The van der Waals surface area contributed by atoms with Gasteiger partial charge in [0.1, 0.15) is 6.10 Å². The number of nitriles is 1. The smallest absolute Gasteiger partial charge is 0.101 e. The molecule has 0 fully saturated rings. The maximum Gasteiger partial charge on any atom is 0.101 e. The quantitative estimate of drug-likeness (QED) is 0.537. The van der Waals surface area contributed by atoms with Crippen LogP contribution in [-0.4, -0.2) is 15.7 Å². The molecule has 1 aromatic heterocycles. The van der Waals surface area contributed by atoms with Crippen molar-refractivity contribution in [2.75, 3.05) is 0 Å². The van der Waals surface area contributed by atoms with Gasteiger partial charge in [-0.3, -0.25) is 0 Å². The topological polar surface area (TPSA) is 50.8 Å². The zero-order chi connectivity index (χ0) is 20.8. The number of nitrogens with zero attached hydrogens (tertiary/aromatic N) is 3. The molecule has 2 aromatic carbocycles. The van der Waals surface area contributed by atoms with Crippen LogP contribution in [-0.2, 0) is 17.9 Å². The van der Waals surface area contributed by atoms with E-state index in [4.69, 9.17) is 4.74 Å². The van der Waals surface area contributed by atoms with E-state index >= 15 is 0 Å². The van der Waals surface area contributed by atoms with Crippen LogP contribution in [0.25, 0.3) is 5.57 Å². The van der Waals surface area contributed by atoms with Crippen molar-refractivity contribution in [2.24, 2.45) is 5.41 Å². The molecule has 4 heteroatoms. The Morgan fingerprint density at radius 1 is 1.13 bits per heavy atom. The van der Waals surface area contributed by atoms with Gasteiger partial charge in [0.25, 0.3) is 0 Å². The van der Waals surface area contributed by atoms with Crippen LogP contribution in [0.5, 0.6) is 0 Å². The Hall–Kier alpha value is -3.42. The summed E-state index contributed by atoms with van der Waals surface area (Å²) in [6, 6.07) is 22.9. The molecule has 3 aromatic rings. The summed E-state index contributed by atoms with van der Waals surface area (Å²) >= 11 is 0. The fourth-order valence-corrected chi connectivity index (χ4v) is 3.78. The molecule has 4 rings (SSSR count). The predicted octanol–water partition coefficient (Wildman–Crippen LogP) is 5.41. The van der Waals surface area contributed by atoms with E-state index in [0.29, 0.717) is 19.6 Å². The van der Waals surface area contributed by atoms with E-state index in [1.54, 1.807) is 6.20 Å². The van der Waals surface area contributed by atoms with Gasteiger partial charge in [-0.15, -0.1) is 0 Å². The van der Waals surface area contributed by atoms with Crippen molar-refractivity contribution in [3.63, 3.8) is 0 Å². The summed E-state index contributed by atoms with van der Waals surface area (Å²) in [5.41, 5.74) is 3.81. The number of hydrogen-bond donors (Lipinski definition) is 0. The van der Waals surface area contributed by atoms with Gasteiger partial charge in [0.05, 0.1) is 31.0 Å². The lowest BCUT2D eigenvalue weighted by Crippen LogP contribution is -2.26.